The Morgan fingerprint density at radius 1 is 1.05 bits per heavy atom. The minimum atomic E-state index is -0.399. The van der Waals surface area contributed by atoms with Crippen molar-refractivity contribution in [3.8, 4) is 11.3 Å². The first-order chi connectivity index (χ1) is 20.3. The van der Waals surface area contributed by atoms with Gasteiger partial charge in [0.05, 0.1) is 35.1 Å². The molecule has 7 nitrogen and oxygen atoms in total. The molecule has 0 bridgehead atoms. The number of carbonyl (C=O) groups excluding carboxylic acids is 1. The fraction of sp³-hybridized carbons (Fsp3) is 0.303. The first kappa shape index (κ1) is 28.2. The van der Waals surface area contributed by atoms with Gasteiger partial charge in [0.2, 0.25) is 0 Å². The predicted octanol–water partition coefficient (Wildman–Crippen LogP) is 7.44. The first-order valence-corrected chi connectivity index (χ1v) is 14.9. The number of hydrogen-bond acceptors (Lipinski definition) is 6. The summed E-state index contributed by atoms with van der Waals surface area (Å²) in [6.07, 6.45) is 3.01. The summed E-state index contributed by atoms with van der Waals surface area (Å²) in [6, 6.07) is 22.5. The topological polar surface area (TPSA) is 70.8 Å². The zero-order valence-electron chi connectivity index (χ0n) is 23.8. The van der Waals surface area contributed by atoms with Crippen LogP contribution in [0, 0.1) is 11.8 Å². The molecule has 0 amide bonds. The molecule has 0 saturated carbocycles. The maximum atomic E-state index is 12.1. The van der Waals surface area contributed by atoms with E-state index in [-0.39, 0.29) is 12.1 Å². The van der Waals surface area contributed by atoms with Gasteiger partial charge in [-0.3, -0.25) is 4.98 Å². The number of esters is 1. The van der Waals surface area contributed by atoms with E-state index in [9.17, 15) is 4.79 Å². The van der Waals surface area contributed by atoms with E-state index in [1.807, 2.05) is 48.5 Å². The van der Waals surface area contributed by atoms with Crippen LogP contribution in [0.25, 0.3) is 11.3 Å². The van der Waals surface area contributed by atoms with Crippen LogP contribution >= 0.6 is 23.8 Å². The number of piperidine rings is 1. The SMILES string of the molecule is COC(=O)c1cccc(-c2ccc([C@@H]3[C@H](c4ccccn4)NC(=S)N3c3ccc(N4C[C@@H](C)C[C@H](C)C4)c(Cl)c3)o2)c1. The number of halogens is 1. The van der Waals surface area contributed by atoms with Crippen molar-refractivity contribution in [3.05, 3.63) is 101 Å². The maximum absolute atomic E-state index is 12.1. The number of aromatic nitrogens is 1. The summed E-state index contributed by atoms with van der Waals surface area (Å²) in [4.78, 5) is 21.2. The van der Waals surface area contributed by atoms with Crippen LogP contribution in [0.1, 0.15) is 54.2 Å². The van der Waals surface area contributed by atoms with Crippen LogP contribution in [0.3, 0.4) is 0 Å². The summed E-state index contributed by atoms with van der Waals surface area (Å²) in [5, 5.41) is 4.73. The lowest BCUT2D eigenvalue weighted by atomic mass is 9.91. The third kappa shape index (κ3) is 5.49. The van der Waals surface area contributed by atoms with Crippen molar-refractivity contribution in [2.75, 3.05) is 30.0 Å². The van der Waals surface area contributed by atoms with E-state index in [2.05, 4.69) is 46.1 Å². The number of pyridine rings is 1. The predicted molar refractivity (Wildman–Crippen MR) is 170 cm³/mol. The molecule has 2 aliphatic heterocycles. The molecule has 0 unspecified atom stereocenters. The monoisotopic (exact) mass is 600 g/mol. The van der Waals surface area contributed by atoms with E-state index in [1.54, 1.807) is 18.3 Å². The van der Waals surface area contributed by atoms with Crippen LogP contribution in [0.2, 0.25) is 5.02 Å². The number of benzene rings is 2. The van der Waals surface area contributed by atoms with Gasteiger partial charge in [0.25, 0.3) is 0 Å². The molecule has 2 saturated heterocycles. The summed E-state index contributed by atoms with van der Waals surface area (Å²) in [6.45, 7) is 6.57. The van der Waals surface area contributed by atoms with Crippen molar-refractivity contribution < 1.29 is 13.9 Å². The Labute approximate surface area is 256 Å². The molecular weight excluding hydrogens is 568 g/mol. The molecule has 1 N–H and O–H groups in total. The Morgan fingerprint density at radius 3 is 2.57 bits per heavy atom. The number of rotatable bonds is 6. The first-order valence-electron chi connectivity index (χ1n) is 14.2. The number of nitrogens with zero attached hydrogens (tertiary/aromatic N) is 3. The van der Waals surface area contributed by atoms with Gasteiger partial charge in [-0.15, -0.1) is 0 Å². The number of carbonyl (C=O) groups is 1. The van der Waals surface area contributed by atoms with Gasteiger partial charge in [0, 0.05) is 30.5 Å². The van der Waals surface area contributed by atoms with Crippen LogP contribution in [0.4, 0.5) is 11.4 Å². The Hall–Kier alpha value is -3.88. The molecule has 9 heteroatoms. The van der Waals surface area contributed by atoms with Crippen molar-refractivity contribution in [2.24, 2.45) is 11.8 Å². The van der Waals surface area contributed by atoms with Gasteiger partial charge in [0.1, 0.15) is 17.6 Å². The number of nitrogens with one attached hydrogen (secondary N) is 1. The molecular formula is C33H33ClN4O3S. The fourth-order valence-corrected chi connectivity index (χ4v) is 6.91. The van der Waals surface area contributed by atoms with E-state index in [4.69, 9.17) is 33.0 Å². The van der Waals surface area contributed by atoms with Gasteiger partial charge in [-0.05, 0) is 85.1 Å². The summed E-state index contributed by atoms with van der Waals surface area (Å²) in [5.74, 6) is 2.17. The number of hydrogen-bond donors (Lipinski definition) is 1. The quantitative estimate of drug-likeness (QED) is 0.181. The minimum Gasteiger partial charge on any atom is -0.465 e. The standard InChI is InChI=1S/C33H33ClN4O3S/c1-20-15-21(2)19-37(18-20)27-11-10-24(17-25(27)34)38-31(30(36-33(38)42)26-9-4-5-14-35-26)29-13-12-28(41-29)22-7-6-8-23(16-22)32(39)40-3/h4-14,16-17,20-21,30-31H,15,18-19H2,1-3H3,(H,36,42)/t20-,21-,30-,31+/m0/s1. The van der Waals surface area contributed by atoms with Crippen LogP contribution in [-0.4, -0.2) is 36.3 Å². The second kappa shape index (κ2) is 11.8. The molecule has 6 rings (SSSR count). The Kier molecular flexibility index (Phi) is 7.92. The van der Waals surface area contributed by atoms with Crippen molar-refractivity contribution in [2.45, 2.75) is 32.4 Å². The van der Waals surface area contributed by atoms with Crippen LogP contribution in [0.15, 0.2) is 83.4 Å². The average molecular weight is 601 g/mol. The largest absolute Gasteiger partial charge is 0.465 e. The zero-order chi connectivity index (χ0) is 29.4. The second-order valence-corrected chi connectivity index (χ2v) is 12.1. The highest BCUT2D eigenvalue weighted by Gasteiger charge is 2.43. The third-order valence-electron chi connectivity index (χ3n) is 8.00. The van der Waals surface area contributed by atoms with E-state index >= 15 is 0 Å². The summed E-state index contributed by atoms with van der Waals surface area (Å²) >= 11 is 12.9. The fourth-order valence-electron chi connectivity index (χ4n) is 6.27. The highest BCUT2D eigenvalue weighted by atomic mass is 35.5. The minimum absolute atomic E-state index is 0.263. The zero-order valence-corrected chi connectivity index (χ0v) is 25.4. The number of anilines is 2. The molecule has 2 aromatic heterocycles. The van der Waals surface area contributed by atoms with E-state index in [0.717, 1.165) is 35.7 Å². The summed E-state index contributed by atoms with van der Waals surface area (Å²) < 4.78 is 11.4. The lowest BCUT2D eigenvalue weighted by molar-refractivity contribution is 0.0601. The molecule has 216 valence electrons. The lowest BCUT2D eigenvalue weighted by Gasteiger charge is -2.37. The van der Waals surface area contributed by atoms with Crippen molar-refractivity contribution in [1.82, 2.24) is 10.3 Å². The molecule has 0 spiro atoms. The molecule has 2 fully saturated rings. The molecule has 2 aromatic carbocycles. The van der Waals surface area contributed by atoms with Gasteiger partial charge >= 0.3 is 5.97 Å². The van der Waals surface area contributed by atoms with E-state index in [0.29, 0.717) is 39.1 Å². The van der Waals surface area contributed by atoms with Crippen molar-refractivity contribution in [3.63, 3.8) is 0 Å². The molecule has 4 atom stereocenters. The van der Waals surface area contributed by atoms with Gasteiger partial charge in [-0.2, -0.15) is 0 Å². The third-order valence-corrected chi connectivity index (χ3v) is 8.62. The van der Waals surface area contributed by atoms with Crippen molar-refractivity contribution >= 4 is 46.3 Å². The van der Waals surface area contributed by atoms with Crippen LogP contribution < -0.4 is 15.1 Å². The Bertz CT molecular complexity index is 1600. The molecule has 0 aliphatic carbocycles. The second-order valence-electron chi connectivity index (χ2n) is 11.3. The normalized spacial score (nSPS) is 22.2. The molecule has 2 aliphatic rings. The molecule has 4 aromatic rings. The lowest BCUT2D eigenvalue weighted by Crippen LogP contribution is -2.38. The number of thiocarbonyl (C=S) groups is 1. The number of ether oxygens (including phenoxy) is 1. The van der Waals surface area contributed by atoms with Crippen LogP contribution in [-0.2, 0) is 4.74 Å². The molecule has 4 heterocycles. The van der Waals surface area contributed by atoms with Gasteiger partial charge in [-0.1, -0.05) is 43.6 Å². The van der Waals surface area contributed by atoms with Gasteiger partial charge in [-0.25, -0.2) is 4.79 Å². The number of furan rings is 1. The van der Waals surface area contributed by atoms with Gasteiger partial charge < -0.3 is 24.3 Å². The summed E-state index contributed by atoms with van der Waals surface area (Å²) in [5.41, 5.74) is 3.98. The smallest absolute Gasteiger partial charge is 0.337 e. The highest BCUT2D eigenvalue weighted by molar-refractivity contribution is 7.80. The Morgan fingerprint density at radius 2 is 1.86 bits per heavy atom. The Balaban J connectivity index is 1.38. The maximum Gasteiger partial charge on any atom is 0.337 e. The van der Waals surface area contributed by atoms with Gasteiger partial charge in [0.15, 0.2) is 5.11 Å². The summed E-state index contributed by atoms with van der Waals surface area (Å²) in [7, 11) is 1.37. The molecule has 42 heavy (non-hydrogen) atoms. The molecule has 0 radical (unpaired) electrons. The van der Waals surface area contributed by atoms with E-state index in [1.165, 1.54) is 13.5 Å². The van der Waals surface area contributed by atoms with E-state index < -0.39 is 5.97 Å². The van der Waals surface area contributed by atoms with Crippen LogP contribution in [0.5, 0.6) is 0 Å². The van der Waals surface area contributed by atoms with Crippen molar-refractivity contribution in [1.29, 1.82) is 0 Å². The number of methoxy groups -OCH3 is 1. The average Bonchev–Trinajstić information content (AvgIpc) is 3.61. The highest BCUT2D eigenvalue weighted by Crippen LogP contribution is 2.44.